The first-order valence-corrected chi connectivity index (χ1v) is 10.4. The van der Waals surface area contributed by atoms with Gasteiger partial charge in [0, 0.05) is 31.3 Å². The van der Waals surface area contributed by atoms with Crippen molar-refractivity contribution >= 4 is 29.3 Å². The van der Waals surface area contributed by atoms with E-state index < -0.39 is 35.4 Å². The molecule has 0 radical (unpaired) electrons. The number of halogens is 3. The first-order chi connectivity index (χ1) is 15.6. The van der Waals surface area contributed by atoms with Crippen LogP contribution in [0, 0.1) is 5.92 Å². The topological polar surface area (TPSA) is 116 Å². The minimum atomic E-state index is -4.88. The largest absolute Gasteiger partial charge is 0.573 e. The lowest BCUT2D eigenvalue weighted by Crippen LogP contribution is -2.40. The Labute approximate surface area is 186 Å². The summed E-state index contributed by atoms with van der Waals surface area (Å²) in [6.45, 7) is 3.51. The molecule has 0 aliphatic carbocycles. The van der Waals surface area contributed by atoms with Crippen molar-refractivity contribution in [2.24, 2.45) is 5.92 Å². The maximum atomic E-state index is 12.9. The number of anilines is 3. The van der Waals surface area contributed by atoms with E-state index in [1.807, 2.05) is 4.90 Å². The molecule has 4 rings (SSSR count). The normalized spacial score (nSPS) is 20.6. The smallest absolute Gasteiger partial charge is 0.406 e. The summed E-state index contributed by atoms with van der Waals surface area (Å²) in [4.78, 5) is 47.1. The van der Waals surface area contributed by atoms with Crippen molar-refractivity contribution in [3.63, 3.8) is 0 Å². The van der Waals surface area contributed by atoms with Crippen LogP contribution < -0.4 is 25.8 Å². The average molecular weight is 465 g/mol. The van der Waals surface area contributed by atoms with Gasteiger partial charge >= 0.3 is 6.36 Å². The number of amides is 2. The van der Waals surface area contributed by atoms with E-state index >= 15 is 0 Å². The molecule has 3 heterocycles. The molecule has 9 nitrogen and oxygen atoms in total. The molecule has 176 valence electrons. The summed E-state index contributed by atoms with van der Waals surface area (Å²) in [7, 11) is 0. The molecule has 2 atom stereocenters. The van der Waals surface area contributed by atoms with E-state index in [1.165, 1.54) is 12.1 Å². The molecule has 1 aromatic heterocycles. The predicted molar refractivity (Wildman–Crippen MR) is 113 cm³/mol. The van der Waals surface area contributed by atoms with Gasteiger partial charge < -0.3 is 20.3 Å². The van der Waals surface area contributed by atoms with Gasteiger partial charge in [-0.25, -0.2) is 0 Å². The number of aromatic nitrogens is 2. The number of piperidine rings is 1. The standard InChI is InChI=1S/C21H22F3N5O4/c1-11-4-3-7-29(10-11)20-27-17-16(19(32)28-20)14(9-15(30)26-17)18(31)25-12-5-2-6-13(8-12)33-21(22,23)24/h2,5-6,8,11,14H,3-4,7,9-10H2,1H3,(H,25,31)(H2,26,27,28,30,32)/t11-,14+/m0/s1. The number of benzene rings is 1. The molecular formula is C21H22F3N5O4. The fourth-order valence-corrected chi connectivity index (χ4v) is 4.12. The Bertz CT molecular complexity index is 1130. The number of aromatic amines is 1. The van der Waals surface area contributed by atoms with Crippen molar-refractivity contribution < 1.29 is 27.5 Å². The Kier molecular flexibility index (Phi) is 6.00. The quantitative estimate of drug-likeness (QED) is 0.639. The lowest BCUT2D eigenvalue weighted by molar-refractivity contribution is -0.274. The van der Waals surface area contributed by atoms with Gasteiger partial charge in [0.1, 0.15) is 11.6 Å². The zero-order valence-electron chi connectivity index (χ0n) is 17.7. The molecule has 1 saturated heterocycles. The van der Waals surface area contributed by atoms with E-state index in [0.717, 1.165) is 25.0 Å². The molecule has 2 amide bonds. The van der Waals surface area contributed by atoms with Crippen LogP contribution in [0.1, 0.15) is 37.7 Å². The third-order valence-corrected chi connectivity index (χ3v) is 5.55. The predicted octanol–water partition coefficient (Wildman–Crippen LogP) is 2.97. The van der Waals surface area contributed by atoms with Crippen LogP contribution in [0.25, 0.3) is 0 Å². The van der Waals surface area contributed by atoms with Gasteiger partial charge in [-0.1, -0.05) is 13.0 Å². The second-order valence-electron chi connectivity index (χ2n) is 8.22. The van der Waals surface area contributed by atoms with Gasteiger partial charge in [-0.2, -0.15) is 4.98 Å². The summed E-state index contributed by atoms with van der Waals surface area (Å²) in [6.07, 6.45) is -3.18. The Morgan fingerprint density at radius 1 is 1.30 bits per heavy atom. The summed E-state index contributed by atoms with van der Waals surface area (Å²) < 4.78 is 41.3. The van der Waals surface area contributed by atoms with Crippen molar-refractivity contribution in [1.82, 2.24) is 9.97 Å². The number of carbonyl (C=O) groups is 2. The van der Waals surface area contributed by atoms with E-state index in [1.54, 1.807) is 0 Å². The monoisotopic (exact) mass is 465 g/mol. The summed E-state index contributed by atoms with van der Waals surface area (Å²) in [5.41, 5.74) is -0.524. The van der Waals surface area contributed by atoms with Crippen molar-refractivity contribution in [3.05, 3.63) is 40.2 Å². The Balaban J connectivity index is 1.59. The number of fused-ring (bicyclic) bond motifs is 1. The molecule has 12 heteroatoms. The number of H-pyrrole nitrogens is 1. The first-order valence-electron chi connectivity index (χ1n) is 10.4. The van der Waals surface area contributed by atoms with E-state index in [-0.39, 0.29) is 23.5 Å². The van der Waals surface area contributed by atoms with Gasteiger partial charge in [0.05, 0.1) is 11.5 Å². The van der Waals surface area contributed by atoms with Crippen molar-refractivity contribution in [3.8, 4) is 5.75 Å². The van der Waals surface area contributed by atoms with Gasteiger partial charge in [0.25, 0.3) is 5.56 Å². The van der Waals surface area contributed by atoms with Crippen molar-refractivity contribution in [2.45, 2.75) is 38.5 Å². The zero-order valence-corrected chi connectivity index (χ0v) is 17.7. The number of nitrogens with one attached hydrogen (secondary N) is 3. The SMILES string of the molecule is C[C@H]1CCCN(c2nc3c(c(=O)[nH]2)[C@H](C(=O)Nc2cccc(OC(F)(F)F)c2)CC(=O)N3)C1. The van der Waals surface area contributed by atoms with Crippen LogP contribution >= 0.6 is 0 Å². The Hall–Kier alpha value is -3.57. The number of hydrogen-bond acceptors (Lipinski definition) is 6. The maximum absolute atomic E-state index is 12.9. The lowest BCUT2D eigenvalue weighted by Gasteiger charge is -2.32. The molecule has 2 aliphatic rings. The minimum absolute atomic E-state index is 0.00334. The van der Waals surface area contributed by atoms with E-state index in [9.17, 15) is 27.6 Å². The molecule has 1 fully saturated rings. The van der Waals surface area contributed by atoms with Crippen LogP contribution in [-0.2, 0) is 9.59 Å². The summed E-state index contributed by atoms with van der Waals surface area (Å²) >= 11 is 0. The molecule has 2 aliphatic heterocycles. The number of ether oxygens (including phenoxy) is 1. The number of nitrogens with zero attached hydrogens (tertiary/aromatic N) is 2. The highest BCUT2D eigenvalue weighted by molar-refractivity contribution is 6.04. The van der Waals surface area contributed by atoms with Gasteiger partial charge in [0.15, 0.2) is 0 Å². The highest BCUT2D eigenvalue weighted by Crippen LogP contribution is 2.32. The second kappa shape index (κ2) is 8.75. The molecule has 33 heavy (non-hydrogen) atoms. The first kappa shape index (κ1) is 22.6. The van der Waals surface area contributed by atoms with Crippen LogP contribution in [0.15, 0.2) is 29.1 Å². The third kappa shape index (κ3) is 5.26. The van der Waals surface area contributed by atoms with Crippen LogP contribution in [0.5, 0.6) is 5.75 Å². The van der Waals surface area contributed by atoms with E-state index in [0.29, 0.717) is 25.0 Å². The van der Waals surface area contributed by atoms with E-state index in [4.69, 9.17) is 0 Å². The minimum Gasteiger partial charge on any atom is -0.406 e. The van der Waals surface area contributed by atoms with Gasteiger partial charge in [-0.15, -0.1) is 13.2 Å². The zero-order chi connectivity index (χ0) is 23.8. The van der Waals surface area contributed by atoms with Crippen LogP contribution in [0.3, 0.4) is 0 Å². The Morgan fingerprint density at radius 3 is 2.82 bits per heavy atom. The average Bonchev–Trinajstić information content (AvgIpc) is 2.71. The summed E-state index contributed by atoms with van der Waals surface area (Å²) in [5, 5.41) is 5.01. The number of carbonyl (C=O) groups excluding carboxylic acids is 2. The second-order valence-corrected chi connectivity index (χ2v) is 8.22. The third-order valence-electron chi connectivity index (χ3n) is 5.55. The molecule has 3 N–H and O–H groups in total. The van der Waals surface area contributed by atoms with Crippen LogP contribution in [-0.4, -0.2) is 41.2 Å². The molecule has 1 aromatic carbocycles. The molecular weight excluding hydrogens is 443 g/mol. The number of rotatable bonds is 4. The molecule has 0 saturated carbocycles. The maximum Gasteiger partial charge on any atom is 0.573 e. The van der Waals surface area contributed by atoms with Gasteiger partial charge in [0.2, 0.25) is 17.8 Å². The fourth-order valence-electron chi connectivity index (χ4n) is 4.12. The molecule has 0 spiro atoms. The Morgan fingerprint density at radius 2 is 2.09 bits per heavy atom. The summed E-state index contributed by atoms with van der Waals surface area (Å²) in [5.74, 6) is -2.13. The van der Waals surface area contributed by atoms with Gasteiger partial charge in [-0.3, -0.25) is 19.4 Å². The van der Waals surface area contributed by atoms with E-state index in [2.05, 4.69) is 32.3 Å². The van der Waals surface area contributed by atoms with Crippen molar-refractivity contribution in [1.29, 1.82) is 0 Å². The van der Waals surface area contributed by atoms with Gasteiger partial charge in [-0.05, 0) is 30.9 Å². The number of alkyl halides is 3. The molecule has 0 bridgehead atoms. The van der Waals surface area contributed by atoms with Crippen LogP contribution in [0.2, 0.25) is 0 Å². The summed E-state index contributed by atoms with van der Waals surface area (Å²) in [6, 6.07) is 4.73. The molecule has 0 unspecified atom stereocenters. The fraction of sp³-hybridized carbons (Fsp3) is 0.429. The van der Waals surface area contributed by atoms with Crippen LogP contribution in [0.4, 0.5) is 30.6 Å². The number of hydrogen-bond donors (Lipinski definition) is 3. The highest BCUT2D eigenvalue weighted by atomic mass is 19.4. The molecule has 2 aromatic rings. The van der Waals surface area contributed by atoms with Crippen molar-refractivity contribution in [2.75, 3.05) is 28.6 Å². The lowest BCUT2D eigenvalue weighted by atomic mass is 9.92. The highest BCUT2D eigenvalue weighted by Gasteiger charge is 2.36.